The van der Waals surface area contributed by atoms with E-state index in [4.69, 9.17) is 18.9 Å². The van der Waals surface area contributed by atoms with E-state index in [0.29, 0.717) is 23.9 Å². The molecule has 0 amide bonds. The summed E-state index contributed by atoms with van der Waals surface area (Å²) >= 11 is 0.0924. The molecule has 0 heterocycles. The third-order valence-corrected chi connectivity index (χ3v) is 6.04. The zero-order chi connectivity index (χ0) is 17.2. The van der Waals surface area contributed by atoms with Crippen LogP contribution in [0.1, 0.15) is 37.1 Å². The molecule has 0 fully saturated rings. The maximum absolute atomic E-state index is 12.4. The van der Waals surface area contributed by atoms with Gasteiger partial charge in [-0.1, -0.05) is 0 Å². The number of ether oxygens (including phenoxy) is 4. The van der Waals surface area contributed by atoms with Crippen LogP contribution in [0.25, 0.3) is 0 Å². The SMILES string of the molecule is CCCC[Se]C(C(=O)OCC)c1ccc(OC)c(OC)c1OC. The van der Waals surface area contributed by atoms with Crippen LogP contribution in [0.5, 0.6) is 17.2 Å². The number of hydrogen-bond acceptors (Lipinski definition) is 5. The van der Waals surface area contributed by atoms with Crippen LogP contribution in [0.15, 0.2) is 12.1 Å². The third-order valence-electron chi connectivity index (χ3n) is 3.30. The Kier molecular flexibility index (Phi) is 8.88. The van der Waals surface area contributed by atoms with Crippen LogP contribution in [0.2, 0.25) is 5.32 Å². The Labute approximate surface area is 144 Å². The van der Waals surface area contributed by atoms with Crippen molar-refractivity contribution < 1.29 is 23.7 Å². The number of carbonyl (C=O) groups excluding carboxylic acids is 1. The van der Waals surface area contributed by atoms with Gasteiger partial charge in [0.2, 0.25) is 0 Å². The molecule has 0 saturated carbocycles. The molecular weight excluding hydrogens is 363 g/mol. The molecule has 0 bridgehead atoms. The summed E-state index contributed by atoms with van der Waals surface area (Å²) in [4.78, 5) is 12.1. The molecule has 0 radical (unpaired) electrons. The van der Waals surface area contributed by atoms with Gasteiger partial charge in [0.05, 0.1) is 0 Å². The van der Waals surface area contributed by atoms with Gasteiger partial charge in [-0.05, 0) is 0 Å². The quantitative estimate of drug-likeness (QED) is 0.349. The molecule has 6 heteroatoms. The van der Waals surface area contributed by atoms with E-state index >= 15 is 0 Å². The van der Waals surface area contributed by atoms with E-state index in [0.717, 1.165) is 23.7 Å². The number of methoxy groups -OCH3 is 3. The molecule has 5 nitrogen and oxygen atoms in total. The minimum atomic E-state index is -0.302. The van der Waals surface area contributed by atoms with Gasteiger partial charge in [-0.25, -0.2) is 0 Å². The van der Waals surface area contributed by atoms with Gasteiger partial charge in [0.15, 0.2) is 0 Å². The molecule has 0 aliphatic rings. The van der Waals surface area contributed by atoms with Crippen LogP contribution in [0, 0.1) is 0 Å². The van der Waals surface area contributed by atoms with Crippen molar-refractivity contribution in [3.8, 4) is 17.2 Å². The summed E-state index contributed by atoms with van der Waals surface area (Å²) in [5.74, 6) is 1.43. The van der Waals surface area contributed by atoms with Crippen LogP contribution < -0.4 is 14.2 Å². The monoisotopic (exact) mass is 390 g/mol. The predicted octanol–water partition coefficient (Wildman–Crippen LogP) is 3.24. The Morgan fingerprint density at radius 1 is 1.09 bits per heavy atom. The Bertz CT molecular complexity index is 504. The van der Waals surface area contributed by atoms with E-state index in [1.165, 1.54) is 0 Å². The van der Waals surface area contributed by atoms with Crippen molar-refractivity contribution in [2.24, 2.45) is 0 Å². The molecule has 130 valence electrons. The molecule has 0 aliphatic carbocycles. The van der Waals surface area contributed by atoms with Crippen LogP contribution in [-0.2, 0) is 9.53 Å². The van der Waals surface area contributed by atoms with Crippen LogP contribution in [0.4, 0.5) is 0 Å². The summed E-state index contributed by atoms with van der Waals surface area (Å²) in [6.45, 7) is 4.33. The molecule has 1 atom stereocenters. The Balaban J connectivity index is 3.25. The van der Waals surface area contributed by atoms with Gasteiger partial charge in [-0.2, -0.15) is 0 Å². The van der Waals surface area contributed by atoms with Crippen molar-refractivity contribution in [3.63, 3.8) is 0 Å². The van der Waals surface area contributed by atoms with Crippen molar-refractivity contribution >= 4 is 20.9 Å². The molecule has 1 aromatic rings. The number of hydrogen-bond donors (Lipinski definition) is 0. The Hall–Kier alpha value is -1.39. The third kappa shape index (κ3) is 5.05. The number of benzene rings is 1. The average molecular weight is 389 g/mol. The van der Waals surface area contributed by atoms with Gasteiger partial charge in [0, 0.05) is 0 Å². The number of carbonyl (C=O) groups is 1. The fraction of sp³-hybridized carbons (Fsp3) is 0.588. The molecule has 23 heavy (non-hydrogen) atoms. The fourth-order valence-electron chi connectivity index (χ4n) is 2.18. The zero-order valence-electron chi connectivity index (χ0n) is 14.5. The molecule has 1 rings (SSSR count). The molecule has 1 unspecified atom stereocenters. The molecule has 1 aromatic carbocycles. The molecular formula is C17H26O5Se. The fourth-order valence-corrected chi connectivity index (χ4v) is 4.82. The summed E-state index contributed by atoms with van der Waals surface area (Å²) in [7, 11) is 4.71. The van der Waals surface area contributed by atoms with Crippen molar-refractivity contribution in [1.82, 2.24) is 0 Å². The number of unbranched alkanes of at least 4 members (excludes halogenated alkanes) is 1. The zero-order valence-corrected chi connectivity index (χ0v) is 16.2. The van der Waals surface area contributed by atoms with Gasteiger partial charge in [0.25, 0.3) is 0 Å². The van der Waals surface area contributed by atoms with Crippen LogP contribution in [-0.4, -0.2) is 48.9 Å². The summed E-state index contributed by atoms with van der Waals surface area (Å²) in [5, 5.41) is 1.02. The summed E-state index contributed by atoms with van der Waals surface area (Å²) in [5.41, 5.74) is 0.805. The molecule has 0 N–H and O–H groups in total. The van der Waals surface area contributed by atoms with Crippen molar-refractivity contribution in [2.45, 2.75) is 36.8 Å². The second-order valence-corrected chi connectivity index (χ2v) is 7.32. The van der Waals surface area contributed by atoms with Crippen molar-refractivity contribution in [3.05, 3.63) is 17.7 Å². The average Bonchev–Trinajstić information content (AvgIpc) is 2.57. The first-order valence-electron chi connectivity index (χ1n) is 7.71. The Morgan fingerprint density at radius 3 is 2.30 bits per heavy atom. The molecule has 0 aromatic heterocycles. The molecule has 0 spiro atoms. The van der Waals surface area contributed by atoms with Crippen LogP contribution >= 0.6 is 0 Å². The second-order valence-electron chi connectivity index (χ2n) is 4.78. The first-order chi connectivity index (χ1) is 11.1. The summed E-state index contributed by atoms with van der Waals surface area (Å²) in [6.07, 6.45) is 2.21. The first kappa shape index (κ1) is 19.7. The maximum atomic E-state index is 12.4. The van der Waals surface area contributed by atoms with Crippen LogP contribution in [0.3, 0.4) is 0 Å². The number of rotatable bonds is 10. The van der Waals surface area contributed by atoms with E-state index in [2.05, 4.69) is 6.92 Å². The van der Waals surface area contributed by atoms with E-state index in [1.54, 1.807) is 27.4 Å². The summed E-state index contributed by atoms with van der Waals surface area (Å²) < 4.78 is 21.5. The first-order valence-corrected chi connectivity index (χ1v) is 9.91. The normalized spacial score (nSPS) is 11.7. The van der Waals surface area contributed by atoms with Gasteiger partial charge in [-0.15, -0.1) is 0 Å². The van der Waals surface area contributed by atoms with Gasteiger partial charge >= 0.3 is 144 Å². The van der Waals surface area contributed by atoms with E-state index in [-0.39, 0.29) is 25.7 Å². The van der Waals surface area contributed by atoms with Crippen molar-refractivity contribution in [1.29, 1.82) is 0 Å². The number of esters is 1. The predicted molar refractivity (Wildman–Crippen MR) is 90.9 cm³/mol. The van der Waals surface area contributed by atoms with Gasteiger partial charge in [0.1, 0.15) is 0 Å². The standard InChI is InChI=1S/C17H26O5Se/c1-6-8-11-23-16(17(18)22-7-2)12-9-10-13(19-3)15(21-5)14(12)20-4/h9-10,16H,6-8,11H2,1-5H3. The van der Waals surface area contributed by atoms with Gasteiger partial charge in [-0.3, -0.25) is 0 Å². The van der Waals surface area contributed by atoms with E-state index in [1.807, 2.05) is 13.0 Å². The Morgan fingerprint density at radius 2 is 1.78 bits per heavy atom. The molecule has 0 aliphatic heterocycles. The summed E-state index contributed by atoms with van der Waals surface area (Å²) in [6, 6.07) is 3.67. The topological polar surface area (TPSA) is 54.0 Å². The minimum absolute atomic E-state index is 0.0924. The van der Waals surface area contributed by atoms with E-state index in [9.17, 15) is 4.79 Å². The van der Waals surface area contributed by atoms with Crippen molar-refractivity contribution in [2.75, 3.05) is 27.9 Å². The molecule has 0 saturated heterocycles. The second kappa shape index (κ2) is 10.4. The van der Waals surface area contributed by atoms with E-state index < -0.39 is 0 Å². The van der Waals surface area contributed by atoms with Gasteiger partial charge < -0.3 is 0 Å².